The number of rotatable bonds is 9. The zero-order valence-corrected chi connectivity index (χ0v) is 19.4. The lowest BCUT2D eigenvalue weighted by molar-refractivity contribution is -0.155. The largest absolute Gasteiger partial charge is 0.468 e. The molecule has 0 fully saturated rings. The predicted octanol–water partition coefficient (Wildman–Crippen LogP) is 4.87. The summed E-state index contributed by atoms with van der Waals surface area (Å²) in [5, 5.41) is -0.00816. The van der Waals surface area contributed by atoms with Crippen LogP contribution in [0.5, 0.6) is 0 Å². The van der Waals surface area contributed by atoms with Crippen LogP contribution in [0.25, 0.3) is 0 Å². The van der Waals surface area contributed by atoms with E-state index in [1.54, 1.807) is 0 Å². The Labute approximate surface area is 169 Å². The number of methoxy groups -OCH3 is 1. The standard InChI is InChI=1S/C22H34O5Si/c1-21(2,3)28(7,8)27-18(16-12-10-9-11-13-16)14-17(23)15-19(24)22(4,5)20(25)26-6/h9-13,18H,14-15H2,1-8H3. The first-order chi connectivity index (χ1) is 12.7. The van der Waals surface area contributed by atoms with Crippen LogP contribution in [0.4, 0.5) is 0 Å². The average molecular weight is 407 g/mol. The highest BCUT2D eigenvalue weighted by Gasteiger charge is 2.41. The Morgan fingerprint density at radius 2 is 1.54 bits per heavy atom. The summed E-state index contributed by atoms with van der Waals surface area (Å²) in [7, 11) is -0.895. The number of hydrogen-bond donors (Lipinski definition) is 0. The number of carbonyl (C=O) groups excluding carboxylic acids is 3. The molecule has 0 aliphatic heterocycles. The summed E-state index contributed by atoms with van der Waals surface area (Å²) in [6.07, 6.45) is -0.630. The lowest BCUT2D eigenvalue weighted by Crippen LogP contribution is -2.42. The summed E-state index contributed by atoms with van der Waals surface area (Å²) in [5.74, 6) is -1.32. The quantitative estimate of drug-likeness (QED) is 0.332. The molecule has 1 rings (SSSR count). The normalized spacial score (nSPS) is 13.7. The fourth-order valence-corrected chi connectivity index (χ4v) is 3.76. The zero-order chi connectivity index (χ0) is 21.8. The molecule has 1 unspecified atom stereocenters. The number of ketones is 2. The Morgan fingerprint density at radius 3 is 2.00 bits per heavy atom. The van der Waals surface area contributed by atoms with Crippen LogP contribution in [0.2, 0.25) is 18.1 Å². The van der Waals surface area contributed by atoms with Gasteiger partial charge in [-0.15, -0.1) is 0 Å². The molecule has 0 radical (unpaired) electrons. The van der Waals surface area contributed by atoms with Gasteiger partial charge in [-0.1, -0.05) is 51.1 Å². The Kier molecular flexibility index (Phi) is 7.91. The molecule has 1 aromatic rings. The highest BCUT2D eigenvalue weighted by molar-refractivity contribution is 6.74. The van der Waals surface area contributed by atoms with E-state index in [4.69, 9.17) is 4.43 Å². The maximum Gasteiger partial charge on any atom is 0.318 e. The second-order valence-corrected chi connectivity index (χ2v) is 14.0. The van der Waals surface area contributed by atoms with Crippen LogP contribution in [-0.2, 0) is 23.5 Å². The summed E-state index contributed by atoms with van der Waals surface area (Å²) >= 11 is 0. The summed E-state index contributed by atoms with van der Waals surface area (Å²) in [6, 6.07) is 9.61. The van der Waals surface area contributed by atoms with E-state index in [1.807, 2.05) is 30.3 Å². The molecule has 0 bridgehead atoms. The van der Waals surface area contributed by atoms with Crippen LogP contribution in [0.1, 0.15) is 59.1 Å². The van der Waals surface area contributed by atoms with Gasteiger partial charge in [-0.3, -0.25) is 14.4 Å². The molecule has 0 saturated heterocycles. The van der Waals surface area contributed by atoms with E-state index >= 15 is 0 Å². The van der Waals surface area contributed by atoms with Crippen molar-refractivity contribution in [1.82, 2.24) is 0 Å². The number of Topliss-reactive ketones (excluding diaryl/α,β-unsaturated/α-hetero) is 2. The molecule has 0 aromatic heterocycles. The molecule has 1 atom stereocenters. The van der Waals surface area contributed by atoms with Gasteiger partial charge >= 0.3 is 5.97 Å². The minimum atomic E-state index is -2.13. The van der Waals surface area contributed by atoms with Gasteiger partial charge in [-0.25, -0.2) is 0 Å². The van der Waals surface area contributed by atoms with Gasteiger partial charge in [0.25, 0.3) is 0 Å². The van der Waals surface area contributed by atoms with Gasteiger partial charge in [0.1, 0.15) is 11.2 Å². The van der Waals surface area contributed by atoms with E-state index in [1.165, 1.54) is 21.0 Å². The fourth-order valence-electron chi connectivity index (χ4n) is 2.48. The highest BCUT2D eigenvalue weighted by Crippen LogP contribution is 2.40. The van der Waals surface area contributed by atoms with Gasteiger partial charge in [0.05, 0.1) is 19.6 Å². The molecule has 0 aliphatic rings. The molecule has 0 saturated carbocycles. The molecular formula is C22H34O5Si. The van der Waals surface area contributed by atoms with Crippen molar-refractivity contribution in [2.75, 3.05) is 7.11 Å². The van der Waals surface area contributed by atoms with Crippen molar-refractivity contribution in [3.8, 4) is 0 Å². The van der Waals surface area contributed by atoms with E-state index in [2.05, 4.69) is 38.6 Å². The molecule has 156 valence electrons. The Balaban J connectivity index is 3.00. The summed E-state index contributed by atoms with van der Waals surface area (Å²) in [6.45, 7) is 13.7. The first-order valence-electron chi connectivity index (χ1n) is 9.58. The first-order valence-corrected chi connectivity index (χ1v) is 12.5. The minimum absolute atomic E-state index is 0.00816. The Bertz CT molecular complexity index is 701. The molecule has 28 heavy (non-hydrogen) atoms. The molecule has 0 spiro atoms. The summed E-state index contributed by atoms with van der Waals surface area (Å²) in [4.78, 5) is 37.0. The van der Waals surface area contributed by atoms with Crippen molar-refractivity contribution in [2.45, 2.75) is 71.7 Å². The first kappa shape index (κ1) is 24.2. The van der Waals surface area contributed by atoms with Gasteiger partial charge < -0.3 is 9.16 Å². The van der Waals surface area contributed by atoms with Crippen LogP contribution >= 0.6 is 0 Å². The molecule has 1 aromatic carbocycles. The average Bonchev–Trinajstić information content (AvgIpc) is 2.59. The van der Waals surface area contributed by atoms with Crippen molar-refractivity contribution in [3.63, 3.8) is 0 Å². The maximum absolute atomic E-state index is 12.7. The van der Waals surface area contributed by atoms with Crippen molar-refractivity contribution >= 4 is 25.9 Å². The monoisotopic (exact) mass is 406 g/mol. The van der Waals surface area contributed by atoms with Crippen LogP contribution in [-0.4, -0.2) is 33.0 Å². The molecule has 0 aliphatic carbocycles. The van der Waals surface area contributed by atoms with Crippen LogP contribution in [0.15, 0.2) is 30.3 Å². The highest BCUT2D eigenvalue weighted by atomic mass is 28.4. The Morgan fingerprint density at radius 1 is 1.00 bits per heavy atom. The van der Waals surface area contributed by atoms with Crippen LogP contribution < -0.4 is 0 Å². The van der Waals surface area contributed by atoms with E-state index in [9.17, 15) is 14.4 Å². The lowest BCUT2D eigenvalue weighted by atomic mass is 9.85. The number of carbonyl (C=O) groups is 3. The Hall–Kier alpha value is -1.79. The summed E-state index contributed by atoms with van der Waals surface area (Å²) in [5.41, 5.74) is -0.423. The van der Waals surface area contributed by atoms with E-state index in [0.717, 1.165) is 5.56 Å². The SMILES string of the molecule is COC(=O)C(C)(C)C(=O)CC(=O)CC(O[Si](C)(C)C(C)(C)C)c1ccccc1. The number of benzene rings is 1. The summed E-state index contributed by atoms with van der Waals surface area (Å²) < 4.78 is 11.2. The van der Waals surface area contributed by atoms with Gasteiger partial charge in [0, 0.05) is 6.42 Å². The second-order valence-electron chi connectivity index (χ2n) is 9.24. The maximum atomic E-state index is 12.7. The van der Waals surface area contributed by atoms with Crippen molar-refractivity contribution in [3.05, 3.63) is 35.9 Å². The van der Waals surface area contributed by atoms with Crippen molar-refractivity contribution in [1.29, 1.82) is 0 Å². The van der Waals surface area contributed by atoms with E-state index in [0.29, 0.717) is 0 Å². The second kappa shape index (κ2) is 9.14. The molecule has 0 heterocycles. The molecule has 6 heteroatoms. The number of esters is 1. The molecular weight excluding hydrogens is 372 g/mol. The van der Waals surface area contributed by atoms with Gasteiger partial charge in [-0.05, 0) is 37.5 Å². The van der Waals surface area contributed by atoms with Crippen molar-refractivity contribution in [2.24, 2.45) is 5.41 Å². The third kappa shape index (κ3) is 6.11. The van der Waals surface area contributed by atoms with Gasteiger partial charge in [0.2, 0.25) is 0 Å². The smallest absolute Gasteiger partial charge is 0.318 e. The van der Waals surface area contributed by atoms with Gasteiger partial charge in [-0.2, -0.15) is 0 Å². The molecule has 5 nitrogen and oxygen atoms in total. The topological polar surface area (TPSA) is 69.7 Å². The minimum Gasteiger partial charge on any atom is -0.468 e. The predicted molar refractivity (Wildman–Crippen MR) is 113 cm³/mol. The third-order valence-electron chi connectivity index (χ3n) is 5.58. The van der Waals surface area contributed by atoms with E-state index in [-0.39, 0.29) is 23.7 Å². The molecule has 0 N–H and O–H groups in total. The van der Waals surface area contributed by atoms with Crippen molar-refractivity contribution < 1.29 is 23.5 Å². The van der Waals surface area contributed by atoms with E-state index < -0.39 is 31.6 Å². The van der Waals surface area contributed by atoms with Gasteiger partial charge in [0.15, 0.2) is 14.1 Å². The number of ether oxygens (including phenoxy) is 1. The molecule has 0 amide bonds. The zero-order valence-electron chi connectivity index (χ0n) is 18.4. The van der Waals surface area contributed by atoms with Crippen LogP contribution in [0, 0.1) is 5.41 Å². The lowest BCUT2D eigenvalue weighted by Gasteiger charge is -2.39. The van der Waals surface area contributed by atoms with Crippen LogP contribution in [0.3, 0.4) is 0 Å². The third-order valence-corrected chi connectivity index (χ3v) is 10.1. The number of hydrogen-bond acceptors (Lipinski definition) is 5. The fraction of sp³-hybridized carbons (Fsp3) is 0.591.